The molecule has 1 unspecified atom stereocenters. The zero-order chi connectivity index (χ0) is 20.7. The van der Waals surface area contributed by atoms with Gasteiger partial charge in [-0.15, -0.1) is 11.3 Å². The minimum atomic E-state index is -1.10. The minimum absolute atomic E-state index is 0.0250. The Balaban J connectivity index is 2.18. The van der Waals surface area contributed by atoms with E-state index in [-0.39, 0.29) is 34.2 Å². The lowest BCUT2D eigenvalue weighted by molar-refractivity contribution is -0.124. The molecule has 146 valence electrons. The number of carbonyl (C=O) groups is 3. The molecule has 2 aromatic rings. The first-order chi connectivity index (χ1) is 13.4. The van der Waals surface area contributed by atoms with E-state index in [1.165, 1.54) is 18.6 Å². The number of esters is 2. The fourth-order valence-corrected chi connectivity index (χ4v) is 3.29. The molecular weight excluding hydrogens is 384 g/mol. The maximum absolute atomic E-state index is 12.6. The summed E-state index contributed by atoms with van der Waals surface area (Å²) >= 11 is 0.938. The molecule has 28 heavy (non-hydrogen) atoms. The van der Waals surface area contributed by atoms with Crippen LogP contribution in [0.5, 0.6) is 0 Å². The third-order valence-electron chi connectivity index (χ3n) is 3.64. The van der Waals surface area contributed by atoms with Crippen molar-refractivity contribution in [2.75, 3.05) is 11.9 Å². The van der Waals surface area contributed by atoms with Crippen LogP contribution in [0.15, 0.2) is 18.6 Å². The number of hydrogen-bond acceptors (Lipinski definition) is 9. The van der Waals surface area contributed by atoms with Crippen molar-refractivity contribution in [1.82, 2.24) is 9.97 Å². The van der Waals surface area contributed by atoms with Crippen LogP contribution in [0.1, 0.15) is 51.6 Å². The van der Waals surface area contributed by atoms with Crippen molar-refractivity contribution in [3.63, 3.8) is 0 Å². The first-order valence-electron chi connectivity index (χ1n) is 8.41. The van der Waals surface area contributed by atoms with Crippen molar-refractivity contribution >= 4 is 34.2 Å². The van der Waals surface area contributed by atoms with Gasteiger partial charge < -0.3 is 14.8 Å². The number of rotatable bonds is 7. The summed E-state index contributed by atoms with van der Waals surface area (Å²) in [6, 6.07) is 1.97. The average Bonchev–Trinajstić information content (AvgIpc) is 3.01. The fourth-order valence-electron chi connectivity index (χ4n) is 2.24. The maximum Gasteiger partial charge on any atom is 0.359 e. The first kappa shape index (κ1) is 21.0. The van der Waals surface area contributed by atoms with Crippen molar-refractivity contribution in [3.05, 3.63) is 40.3 Å². The summed E-state index contributed by atoms with van der Waals surface area (Å²) in [7, 11) is 0. The van der Waals surface area contributed by atoms with Gasteiger partial charge in [0.2, 0.25) is 0 Å². The molecule has 9 nitrogen and oxygen atoms in total. The highest BCUT2D eigenvalue weighted by atomic mass is 32.1. The van der Waals surface area contributed by atoms with E-state index in [9.17, 15) is 19.6 Å². The highest BCUT2D eigenvalue weighted by Gasteiger charge is 2.27. The Hall–Kier alpha value is -3.32. The molecule has 0 aliphatic rings. The summed E-state index contributed by atoms with van der Waals surface area (Å²) < 4.78 is 10.2. The Morgan fingerprint density at radius 3 is 2.61 bits per heavy atom. The van der Waals surface area contributed by atoms with E-state index in [0.29, 0.717) is 5.56 Å². The van der Waals surface area contributed by atoms with Gasteiger partial charge in [0, 0.05) is 12.4 Å². The predicted octanol–water partition coefficient (Wildman–Crippen LogP) is 2.47. The highest BCUT2D eigenvalue weighted by molar-refractivity contribution is 7.18. The van der Waals surface area contributed by atoms with Gasteiger partial charge in [-0.25, -0.2) is 14.6 Å². The summed E-state index contributed by atoms with van der Waals surface area (Å²) in [5.41, 5.74) is 0.561. The van der Waals surface area contributed by atoms with Gasteiger partial charge in [0.1, 0.15) is 15.9 Å². The molecule has 2 aromatic heterocycles. The number of nitrogens with one attached hydrogen (secondary N) is 1. The second-order valence-corrected chi connectivity index (χ2v) is 6.50. The molecule has 0 fully saturated rings. The molecule has 0 aliphatic heterocycles. The van der Waals surface area contributed by atoms with Crippen LogP contribution in [0.2, 0.25) is 0 Å². The molecule has 0 bridgehead atoms. The number of hydrogen-bond donors (Lipinski definition) is 1. The molecule has 0 spiro atoms. The van der Waals surface area contributed by atoms with E-state index >= 15 is 0 Å². The number of nitriles is 1. The average molecular weight is 402 g/mol. The van der Waals surface area contributed by atoms with Gasteiger partial charge in [0.05, 0.1) is 18.4 Å². The van der Waals surface area contributed by atoms with E-state index in [4.69, 9.17) is 9.47 Å². The van der Waals surface area contributed by atoms with E-state index in [1.807, 2.05) is 6.07 Å². The van der Waals surface area contributed by atoms with E-state index < -0.39 is 23.9 Å². The predicted molar refractivity (Wildman–Crippen MR) is 99.9 cm³/mol. The lowest BCUT2D eigenvalue weighted by atomic mass is 10.1. The van der Waals surface area contributed by atoms with E-state index in [1.54, 1.807) is 20.8 Å². The van der Waals surface area contributed by atoms with E-state index in [0.717, 1.165) is 11.3 Å². The Kier molecular flexibility index (Phi) is 7.17. The molecule has 0 saturated heterocycles. The van der Waals surface area contributed by atoms with Crippen LogP contribution in [-0.4, -0.2) is 40.5 Å². The van der Waals surface area contributed by atoms with Crippen molar-refractivity contribution < 1.29 is 23.9 Å². The Morgan fingerprint density at radius 2 is 2.04 bits per heavy atom. The molecule has 1 N–H and O–H groups in total. The number of anilines is 1. The zero-order valence-corrected chi connectivity index (χ0v) is 16.3. The summed E-state index contributed by atoms with van der Waals surface area (Å²) in [5.74, 6) is -1.97. The molecule has 1 atom stereocenters. The fraction of sp³-hybridized carbons (Fsp3) is 0.333. The number of aromatic nitrogens is 2. The smallest absolute Gasteiger partial charge is 0.359 e. The molecular formula is C18H18N4O5S. The van der Waals surface area contributed by atoms with Crippen LogP contribution >= 0.6 is 11.3 Å². The lowest BCUT2D eigenvalue weighted by Gasteiger charge is -2.15. The lowest BCUT2D eigenvalue weighted by Crippen LogP contribution is -2.32. The van der Waals surface area contributed by atoms with Crippen LogP contribution in [-0.2, 0) is 14.3 Å². The zero-order valence-electron chi connectivity index (χ0n) is 15.5. The van der Waals surface area contributed by atoms with Crippen molar-refractivity contribution in [2.24, 2.45) is 0 Å². The summed E-state index contributed by atoms with van der Waals surface area (Å²) in [6.45, 7) is 5.13. The molecule has 0 aliphatic carbocycles. The molecule has 10 heteroatoms. The summed E-state index contributed by atoms with van der Waals surface area (Å²) in [4.78, 5) is 44.5. The largest absolute Gasteiger partial charge is 0.462 e. The molecule has 2 heterocycles. The van der Waals surface area contributed by atoms with Gasteiger partial charge in [0.15, 0.2) is 11.8 Å². The number of nitrogens with zero attached hydrogens (tertiary/aromatic N) is 3. The van der Waals surface area contributed by atoms with Crippen molar-refractivity contribution in [3.8, 4) is 6.07 Å². The van der Waals surface area contributed by atoms with Crippen LogP contribution in [0.3, 0.4) is 0 Å². The van der Waals surface area contributed by atoms with Crippen molar-refractivity contribution in [2.45, 2.75) is 33.3 Å². The van der Waals surface area contributed by atoms with Crippen LogP contribution in [0.25, 0.3) is 0 Å². The topological polar surface area (TPSA) is 131 Å². The Bertz CT molecular complexity index is 920. The third-order valence-corrected chi connectivity index (χ3v) is 4.83. The van der Waals surface area contributed by atoms with Crippen LogP contribution in [0, 0.1) is 18.3 Å². The molecule has 1 amide bonds. The molecule has 0 radical (unpaired) electrons. The Morgan fingerprint density at radius 1 is 1.29 bits per heavy atom. The number of amides is 1. The number of ether oxygens (including phenoxy) is 2. The van der Waals surface area contributed by atoms with Crippen molar-refractivity contribution in [1.29, 1.82) is 5.26 Å². The normalized spacial score (nSPS) is 11.2. The monoisotopic (exact) mass is 402 g/mol. The number of thiophene rings is 1. The van der Waals surface area contributed by atoms with E-state index in [2.05, 4.69) is 15.3 Å². The van der Waals surface area contributed by atoms with Gasteiger partial charge in [-0.2, -0.15) is 5.26 Å². The number of carbonyl (C=O) groups excluding carboxylic acids is 3. The van der Waals surface area contributed by atoms with Gasteiger partial charge in [0.25, 0.3) is 5.91 Å². The van der Waals surface area contributed by atoms with Gasteiger partial charge in [-0.3, -0.25) is 9.78 Å². The molecule has 2 rings (SSSR count). The van der Waals surface area contributed by atoms with Gasteiger partial charge in [-0.05, 0) is 25.8 Å². The van der Waals surface area contributed by atoms with Crippen LogP contribution in [0.4, 0.5) is 5.00 Å². The summed E-state index contributed by atoms with van der Waals surface area (Å²) in [6.07, 6.45) is 3.07. The summed E-state index contributed by atoms with van der Waals surface area (Å²) in [5, 5.41) is 12.1. The third kappa shape index (κ3) is 4.69. The maximum atomic E-state index is 12.6. The van der Waals surface area contributed by atoms with Gasteiger partial charge >= 0.3 is 11.9 Å². The highest BCUT2D eigenvalue weighted by Crippen LogP contribution is 2.33. The Labute approximate surface area is 165 Å². The van der Waals surface area contributed by atoms with Crippen LogP contribution < -0.4 is 5.32 Å². The van der Waals surface area contributed by atoms with Gasteiger partial charge in [-0.1, -0.05) is 6.92 Å². The second-order valence-electron chi connectivity index (χ2n) is 5.47. The SMILES string of the molecule is CCOC(=O)c1sc(NC(=O)C(CC)OC(=O)c2cnccn2)c(C#N)c1C. The first-order valence-corrected chi connectivity index (χ1v) is 9.22. The minimum Gasteiger partial charge on any atom is -0.462 e. The molecule has 0 aromatic carbocycles. The second kappa shape index (κ2) is 9.57. The standard InChI is InChI=1S/C18H18N4O5S/c1-4-13(27-17(24)12-9-20-6-7-21-12)15(23)22-16-11(8-19)10(3)14(28-16)18(25)26-5-2/h6-7,9,13H,4-5H2,1-3H3,(H,22,23). The quantitative estimate of drug-likeness (QED) is 0.699. The molecule has 0 saturated carbocycles.